The third kappa shape index (κ3) is 3.20. The Hall–Kier alpha value is -3.16. The Balaban J connectivity index is 2.70. The summed E-state index contributed by atoms with van der Waals surface area (Å²) in [5.74, 6) is -2.45. The molecule has 2 rings (SSSR count). The van der Waals surface area contributed by atoms with Crippen LogP contribution in [-0.2, 0) is 9.59 Å². The van der Waals surface area contributed by atoms with E-state index in [4.69, 9.17) is 0 Å². The molecule has 0 aliphatic heterocycles. The van der Waals surface area contributed by atoms with Crippen molar-refractivity contribution in [1.82, 2.24) is 4.98 Å². The fourth-order valence-electron chi connectivity index (χ4n) is 2.09. The summed E-state index contributed by atoms with van der Waals surface area (Å²) >= 11 is 0. The number of hydrogen-bond donors (Lipinski definition) is 0. The van der Waals surface area contributed by atoms with E-state index in [1.54, 1.807) is 6.07 Å². The van der Waals surface area contributed by atoms with Crippen molar-refractivity contribution in [2.24, 2.45) is 0 Å². The summed E-state index contributed by atoms with van der Waals surface area (Å²) in [7, 11) is 0. The Kier molecular flexibility index (Phi) is 4.44. The normalized spacial score (nSPS) is 10.2. The van der Waals surface area contributed by atoms with Crippen molar-refractivity contribution in [3.05, 3.63) is 52.3 Å². The second-order valence-corrected chi connectivity index (χ2v) is 4.65. The largest absolute Gasteiger partial charge is 0.312 e. The van der Waals surface area contributed by atoms with Crippen molar-refractivity contribution in [2.75, 3.05) is 4.90 Å². The zero-order chi connectivity index (χ0) is 17.1. The Bertz CT molecular complexity index is 793. The molecule has 118 valence electrons. The summed E-state index contributed by atoms with van der Waals surface area (Å²) in [6, 6.07) is 8.07. The molecule has 0 fully saturated rings. The van der Waals surface area contributed by atoms with E-state index in [0.29, 0.717) is 4.90 Å². The SMILES string of the molecule is CC(=O)N(C(C)=O)c1nc(-c2ccccc2F)ccc1[N+](=O)[O-]. The highest BCUT2D eigenvalue weighted by molar-refractivity contribution is 6.13. The number of nitrogens with zero attached hydrogens (tertiary/aromatic N) is 3. The molecule has 23 heavy (non-hydrogen) atoms. The molecule has 0 atom stereocenters. The van der Waals surface area contributed by atoms with Gasteiger partial charge in [-0.2, -0.15) is 0 Å². The van der Waals surface area contributed by atoms with Crippen LogP contribution in [0.5, 0.6) is 0 Å². The van der Waals surface area contributed by atoms with E-state index in [-0.39, 0.29) is 11.3 Å². The first kappa shape index (κ1) is 16.2. The van der Waals surface area contributed by atoms with E-state index >= 15 is 0 Å². The van der Waals surface area contributed by atoms with Crippen LogP contribution >= 0.6 is 0 Å². The van der Waals surface area contributed by atoms with Crippen LogP contribution in [0, 0.1) is 15.9 Å². The van der Waals surface area contributed by atoms with Crippen LogP contribution in [0.15, 0.2) is 36.4 Å². The lowest BCUT2D eigenvalue weighted by Crippen LogP contribution is -2.34. The van der Waals surface area contributed by atoms with Crippen LogP contribution < -0.4 is 4.90 Å². The van der Waals surface area contributed by atoms with Crippen molar-refractivity contribution in [3.8, 4) is 11.3 Å². The molecule has 0 aliphatic carbocycles. The third-order valence-corrected chi connectivity index (χ3v) is 3.04. The number of amides is 2. The number of benzene rings is 1. The average molecular weight is 317 g/mol. The highest BCUT2D eigenvalue weighted by Gasteiger charge is 2.28. The summed E-state index contributed by atoms with van der Waals surface area (Å²) in [5, 5.41) is 11.1. The van der Waals surface area contributed by atoms with E-state index < -0.39 is 34.1 Å². The number of rotatable bonds is 3. The molecule has 8 heteroatoms. The fraction of sp³-hybridized carbons (Fsp3) is 0.133. The number of aromatic nitrogens is 1. The van der Waals surface area contributed by atoms with E-state index in [1.165, 1.54) is 24.3 Å². The van der Waals surface area contributed by atoms with Crippen LogP contribution in [0.3, 0.4) is 0 Å². The maximum Gasteiger partial charge on any atom is 0.312 e. The number of halogens is 1. The van der Waals surface area contributed by atoms with Gasteiger partial charge in [0.1, 0.15) is 5.82 Å². The molecule has 0 unspecified atom stereocenters. The Morgan fingerprint density at radius 3 is 2.26 bits per heavy atom. The van der Waals surface area contributed by atoms with Crippen LogP contribution in [0.4, 0.5) is 15.9 Å². The molecule has 0 radical (unpaired) electrons. The minimum Gasteiger partial charge on any atom is -0.274 e. The second-order valence-electron chi connectivity index (χ2n) is 4.65. The molecule has 0 spiro atoms. The van der Waals surface area contributed by atoms with Gasteiger partial charge in [-0.25, -0.2) is 14.3 Å². The predicted molar refractivity (Wildman–Crippen MR) is 80.1 cm³/mol. The molecule has 1 aromatic heterocycles. The van der Waals surface area contributed by atoms with Crippen LogP contribution in [-0.4, -0.2) is 21.7 Å². The van der Waals surface area contributed by atoms with Gasteiger partial charge in [0.05, 0.1) is 10.6 Å². The minimum absolute atomic E-state index is 0.0798. The van der Waals surface area contributed by atoms with Crippen molar-refractivity contribution >= 4 is 23.3 Å². The molecule has 0 bridgehead atoms. The summed E-state index contributed by atoms with van der Waals surface area (Å²) in [4.78, 5) is 38.2. The lowest BCUT2D eigenvalue weighted by atomic mass is 10.1. The second kappa shape index (κ2) is 6.30. The first-order valence-corrected chi connectivity index (χ1v) is 6.54. The maximum atomic E-state index is 13.9. The molecule has 0 N–H and O–H groups in total. The van der Waals surface area contributed by atoms with Gasteiger partial charge >= 0.3 is 5.69 Å². The molecule has 7 nitrogen and oxygen atoms in total. The Morgan fingerprint density at radius 2 is 1.74 bits per heavy atom. The number of imide groups is 1. The van der Waals surface area contributed by atoms with Gasteiger partial charge in [0, 0.05) is 25.5 Å². The van der Waals surface area contributed by atoms with Gasteiger partial charge < -0.3 is 0 Å². The average Bonchev–Trinajstić information content (AvgIpc) is 2.46. The van der Waals surface area contributed by atoms with Crippen molar-refractivity contribution in [3.63, 3.8) is 0 Å². The summed E-state index contributed by atoms with van der Waals surface area (Å²) < 4.78 is 13.9. The number of anilines is 1. The lowest BCUT2D eigenvalue weighted by Gasteiger charge is -2.16. The number of hydrogen-bond acceptors (Lipinski definition) is 5. The predicted octanol–water partition coefficient (Wildman–Crippen LogP) is 2.70. The molecule has 0 aliphatic rings. The van der Waals surface area contributed by atoms with Gasteiger partial charge in [-0.05, 0) is 18.2 Å². The van der Waals surface area contributed by atoms with Gasteiger partial charge in [0.2, 0.25) is 17.6 Å². The molecule has 1 heterocycles. The first-order chi connectivity index (χ1) is 10.8. The van der Waals surface area contributed by atoms with Crippen molar-refractivity contribution in [1.29, 1.82) is 0 Å². The molecule has 1 aromatic carbocycles. The first-order valence-electron chi connectivity index (χ1n) is 6.54. The molecule has 0 saturated heterocycles. The number of pyridine rings is 1. The van der Waals surface area contributed by atoms with Gasteiger partial charge in [-0.1, -0.05) is 12.1 Å². The van der Waals surface area contributed by atoms with Crippen LogP contribution in [0.1, 0.15) is 13.8 Å². The summed E-state index contributed by atoms with van der Waals surface area (Å²) in [6.45, 7) is 2.17. The van der Waals surface area contributed by atoms with Gasteiger partial charge in [-0.15, -0.1) is 0 Å². The number of carbonyl (C=O) groups excluding carboxylic acids is 2. The maximum absolute atomic E-state index is 13.9. The Morgan fingerprint density at radius 1 is 1.13 bits per heavy atom. The number of carbonyl (C=O) groups is 2. The zero-order valence-corrected chi connectivity index (χ0v) is 12.3. The van der Waals surface area contributed by atoms with Crippen molar-refractivity contribution < 1.29 is 18.9 Å². The summed E-state index contributed by atoms with van der Waals surface area (Å²) in [5.41, 5.74) is -0.331. The van der Waals surface area contributed by atoms with E-state index in [9.17, 15) is 24.1 Å². The fourth-order valence-corrected chi connectivity index (χ4v) is 2.09. The zero-order valence-electron chi connectivity index (χ0n) is 12.3. The summed E-state index contributed by atoms with van der Waals surface area (Å²) in [6.07, 6.45) is 0. The van der Waals surface area contributed by atoms with Gasteiger partial charge in [0.25, 0.3) is 0 Å². The van der Waals surface area contributed by atoms with Crippen LogP contribution in [0.25, 0.3) is 11.3 Å². The highest BCUT2D eigenvalue weighted by atomic mass is 19.1. The molecule has 2 aromatic rings. The van der Waals surface area contributed by atoms with E-state index in [2.05, 4.69) is 4.98 Å². The molecular weight excluding hydrogens is 305 g/mol. The van der Waals surface area contributed by atoms with Gasteiger partial charge in [0.15, 0.2) is 0 Å². The molecular formula is C15H12FN3O4. The smallest absolute Gasteiger partial charge is 0.274 e. The minimum atomic E-state index is -0.758. The molecule has 2 amide bonds. The Labute approximate surface area is 130 Å². The standard InChI is InChI=1S/C15H12FN3O4/c1-9(20)18(10(2)21)15-14(19(22)23)8-7-13(17-15)11-5-3-4-6-12(11)16/h3-8H,1-2H3. The molecule has 0 saturated carbocycles. The van der Waals surface area contributed by atoms with Gasteiger partial charge in [-0.3, -0.25) is 19.7 Å². The third-order valence-electron chi connectivity index (χ3n) is 3.04. The monoisotopic (exact) mass is 317 g/mol. The van der Waals surface area contributed by atoms with E-state index in [1.807, 2.05) is 0 Å². The highest BCUT2D eigenvalue weighted by Crippen LogP contribution is 2.31. The lowest BCUT2D eigenvalue weighted by molar-refractivity contribution is -0.384. The van der Waals surface area contributed by atoms with Crippen LogP contribution in [0.2, 0.25) is 0 Å². The topological polar surface area (TPSA) is 93.4 Å². The number of nitro groups is 1. The quantitative estimate of drug-likeness (QED) is 0.641. The van der Waals surface area contributed by atoms with E-state index in [0.717, 1.165) is 19.9 Å². The van der Waals surface area contributed by atoms with Crippen molar-refractivity contribution in [2.45, 2.75) is 13.8 Å².